The Balaban J connectivity index is 1.41. The van der Waals surface area contributed by atoms with E-state index in [0.29, 0.717) is 39.8 Å². The van der Waals surface area contributed by atoms with Crippen LogP contribution in [0.1, 0.15) is 5.56 Å². The first-order chi connectivity index (χ1) is 18.1. The van der Waals surface area contributed by atoms with E-state index < -0.39 is 18.1 Å². The van der Waals surface area contributed by atoms with Crippen molar-refractivity contribution in [3.8, 4) is 0 Å². The molecule has 0 unspecified atom stereocenters. The van der Waals surface area contributed by atoms with Gasteiger partial charge in [-0.05, 0) is 48.4 Å². The van der Waals surface area contributed by atoms with Gasteiger partial charge in [-0.1, -0.05) is 18.2 Å². The van der Waals surface area contributed by atoms with E-state index in [0.717, 1.165) is 30.6 Å². The SMILES string of the molecule is CN(C)S(=O)(=O)S(=O)(=O)Nc1ccc(NCCc2c[nH]c3ccccc23)nc1Nc1ccc2n[nH]nc2c1. The second-order valence-electron chi connectivity index (χ2n) is 8.58. The van der Waals surface area contributed by atoms with Crippen LogP contribution in [0.2, 0.25) is 0 Å². The Morgan fingerprint density at radius 2 is 1.74 bits per heavy atom. The average Bonchev–Trinajstić information content (AvgIpc) is 3.52. The van der Waals surface area contributed by atoms with Crippen molar-refractivity contribution in [3.63, 3.8) is 0 Å². The fourth-order valence-electron chi connectivity index (χ4n) is 3.84. The summed E-state index contributed by atoms with van der Waals surface area (Å²) in [5.74, 6) is 0.566. The topological polar surface area (TPSA) is 178 Å². The number of aromatic amines is 2. The number of para-hydroxylation sites is 1. The maximum Gasteiger partial charge on any atom is 0.353 e. The third-order valence-corrected chi connectivity index (χ3v) is 10.5. The van der Waals surface area contributed by atoms with Gasteiger partial charge in [0.15, 0.2) is 5.82 Å². The number of rotatable bonds is 10. The smallest absolute Gasteiger partial charge is 0.353 e. The van der Waals surface area contributed by atoms with E-state index in [1.807, 2.05) is 24.4 Å². The summed E-state index contributed by atoms with van der Waals surface area (Å²) in [5, 5.41) is 18.0. The molecule has 0 saturated heterocycles. The van der Waals surface area contributed by atoms with E-state index in [4.69, 9.17) is 0 Å². The number of H-pyrrole nitrogens is 2. The zero-order chi connectivity index (χ0) is 26.9. The highest BCUT2D eigenvalue weighted by atomic mass is 33.2. The van der Waals surface area contributed by atoms with Crippen molar-refractivity contribution in [2.24, 2.45) is 0 Å². The third kappa shape index (κ3) is 4.98. The van der Waals surface area contributed by atoms with Gasteiger partial charge in [-0.15, -0.1) is 0 Å². The first-order valence-electron chi connectivity index (χ1n) is 11.5. The lowest BCUT2D eigenvalue weighted by molar-refractivity contribution is 0.528. The lowest BCUT2D eigenvalue weighted by atomic mass is 10.1. The molecule has 13 nitrogen and oxygen atoms in total. The van der Waals surface area contributed by atoms with E-state index in [-0.39, 0.29) is 11.5 Å². The molecule has 0 atom stereocenters. The van der Waals surface area contributed by atoms with E-state index in [2.05, 4.69) is 46.8 Å². The van der Waals surface area contributed by atoms with Crippen molar-refractivity contribution in [3.05, 3.63) is 66.4 Å². The number of nitrogens with zero attached hydrogens (tertiary/aromatic N) is 4. The van der Waals surface area contributed by atoms with Gasteiger partial charge < -0.3 is 15.6 Å². The number of hydrogen-bond donors (Lipinski definition) is 5. The monoisotopic (exact) mass is 555 g/mol. The molecule has 5 N–H and O–H groups in total. The Morgan fingerprint density at radius 3 is 2.55 bits per heavy atom. The second-order valence-corrected chi connectivity index (χ2v) is 13.9. The van der Waals surface area contributed by atoms with Crippen LogP contribution in [0.4, 0.5) is 23.0 Å². The molecule has 198 valence electrons. The molecule has 5 aromatic rings. The Kier molecular flexibility index (Phi) is 6.64. The number of hydrogen-bond acceptors (Lipinski definition) is 9. The highest BCUT2D eigenvalue weighted by Gasteiger charge is 2.33. The van der Waals surface area contributed by atoms with Crippen LogP contribution >= 0.6 is 0 Å². The Morgan fingerprint density at radius 1 is 0.947 bits per heavy atom. The Hall–Kier alpha value is -4.21. The van der Waals surface area contributed by atoms with Gasteiger partial charge in [0.2, 0.25) is 0 Å². The summed E-state index contributed by atoms with van der Waals surface area (Å²) in [6.07, 6.45) is 2.68. The summed E-state index contributed by atoms with van der Waals surface area (Å²) in [5.41, 5.74) is 3.93. The van der Waals surface area contributed by atoms with Gasteiger partial charge in [0.05, 0.1) is 5.69 Å². The van der Waals surface area contributed by atoms with Crippen molar-refractivity contribution < 1.29 is 16.8 Å². The largest absolute Gasteiger partial charge is 0.370 e. The highest BCUT2D eigenvalue weighted by Crippen LogP contribution is 2.29. The van der Waals surface area contributed by atoms with E-state index >= 15 is 0 Å². The number of anilines is 4. The van der Waals surface area contributed by atoms with Crippen molar-refractivity contribution in [1.82, 2.24) is 29.7 Å². The van der Waals surface area contributed by atoms with Crippen LogP contribution in [0.25, 0.3) is 21.9 Å². The molecular formula is C23H25N9O4S2. The molecule has 5 rings (SSSR count). The van der Waals surface area contributed by atoms with Crippen LogP contribution in [-0.4, -0.2) is 67.2 Å². The lowest BCUT2D eigenvalue weighted by Gasteiger charge is -2.17. The van der Waals surface area contributed by atoms with Crippen LogP contribution in [0.15, 0.2) is 60.8 Å². The number of nitrogens with one attached hydrogen (secondary N) is 5. The zero-order valence-corrected chi connectivity index (χ0v) is 22.1. The molecule has 0 aliphatic heterocycles. The molecule has 3 aromatic heterocycles. The summed E-state index contributed by atoms with van der Waals surface area (Å²) >= 11 is 0. The van der Waals surface area contributed by atoms with Crippen LogP contribution < -0.4 is 15.4 Å². The molecule has 2 aromatic carbocycles. The average molecular weight is 556 g/mol. The zero-order valence-electron chi connectivity index (χ0n) is 20.4. The maximum absolute atomic E-state index is 12.7. The number of pyridine rings is 1. The predicted octanol–water partition coefficient (Wildman–Crippen LogP) is 2.78. The first kappa shape index (κ1) is 25.4. The molecule has 0 bridgehead atoms. The minimum atomic E-state index is -4.82. The van der Waals surface area contributed by atoms with E-state index in [9.17, 15) is 16.8 Å². The third-order valence-electron chi connectivity index (χ3n) is 5.81. The van der Waals surface area contributed by atoms with Crippen LogP contribution in [-0.2, 0) is 24.5 Å². The van der Waals surface area contributed by atoms with Crippen molar-refractivity contribution in [1.29, 1.82) is 0 Å². The predicted molar refractivity (Wildman–Crippen MR) is 147 cm³/mol. The fraction of sp³-hybridized carbons (Fsp3) is 0.174. The van der Waals surface area contributed by atoms with Crippen LogP contribution in [0.3, 0.4) is 0 Å². The van der Waals surface area contributed by atoms with Gasteiger partial charge in [-0.3, -0.25) is 4.72 Å². The molecule has 3 heterocycles. The quantitative estimate of drug-likeness (QED) is 0.162. The van der Waals surface area contributed by atoms with Crippen molar-refractivity contribution >= 4 is 63.1 Å². The second kappa shape index (κ2) is 9.92. The highest BCUT2D eigenvalue weighted by molar-refractivity contribution is 8.66. The van der Waals surface area contributed by atoms with Crippen LogP contribution in [0.5, 0.6) is 0 Å². The molecule has 0 fully saturated rings. The van der Waals surface area contributed by atoms with Gasteiger partial charge in [0.1, 0.15) is 16.9 Å². The summed E-state index contributed by atoms with van der Waals surface area (Å²) in [7, 11) is -7.19. The van der Waals surface area contributed by atoms with Gasteiger partial charge in [-0.2, -0.15) is 36.6 Å². The van der Waals surface area contributed by atoms with Gasteiger partial charge in [0, 0.05) is 43.4 Å². The molecular weight excluding hydrogens is 530 g/mol. The summed E-state index contributed by atoms with van der Waals surface area (Å²) in [4.78, 5) is 7.77. The summed E-state index contributed by atoms with van der Waals surface area (Å²) in [6.45, 7) is 0.555. The Labute approximate surface area is 218 Å². The van der Waals surface area contributed by atoms with E-state index in [1.54, 1.807) is 24.3 Å². The number of fused-ring (bicyclic) bond motifs is 2. The standard InChI is InChI=1S/C23H25N9O4S2/c1-32(2)38(35,36)37(33,34)30-20-9-10-22(24-12-11-15-14-25-18-6-4-3-5-17(15)18)27-23(20)26-16-7-8-19-21(13-16)29-31-28-19/h3-10,13-14,25,30H,11-12H2,1-2H3,(H2,24,26,27)(H,28,29,31). The molecule has 0 aliphatic carbocycles. The molecule has 0 radical (unpaired) electrons. The minimum absolute atomic E-state index is 0.0437. The van der Waals surface area contributed by atoms with Gasteiger partial charge >= 0.3 is 18.1 Å². The van der Waals surface area contributed by atoms with Gasteiger partial charge in [-0.25, -0.2) is 4.98 Å². The lowest BCUT2D eigenvalue weighted by Crippen LogP contribution is -2.34. The number of aromatic nitrogens is 5. The summed E-state index contributed by atoms with van der Waals surface area (Å²) in [6, 6.07) is 16.2. The van der Waals surface area contributed by atoms with Crippen molar-refractivity contribution in [2.75, 3.05) is 36.0 Å². The van der Waals surface area contributed by atoms with Gasteiger partial charge in [0.25, 0.3) is 0 Å². The van der Waals surface area contributed by atoms with E-state index in [1.165, 1.54) is 6.07 Å². The first-order valence-corrected chi connectivity index (χ1v) is 14.9. The molecule has 0 amide bonds. The molecule has 0 aliphatic rings. The molecule has 0 saturated carbocycles. The fourth-order valence-corrected chi connectivity index (χ4v) is 6.53. The van der Waals surface area contributed by atoms with Crippen LogP contribution in [0, 0.1) is 0 Å². The summed E-state index contributed by atoms with van der Waals surface area (Å²) < 4.78 is 52.8. The normalized spacial score (nSPS) is 12.3. The molecule has 38 heavy (non-hydrogen) atoms. The Bertz CT molecular complexity index is 1830. The molecule has 15 heteroatoms. The minimum Gasteiger partial charge on any atom is -0.370 e. The number of benzene rings is 2. The molecule has 0 spiro atoms. The maximum atomic E-state index is 12.7. The van der Waals surface area contributed by atoms with Crippen molar-refractivity contribution in [2.45, 2.75) is 6.42 Å².